The summed E-state index contributed by atoms with van der Waals surface area (Å²) in [6, 6.07) is 3.78. The van der Waals surface area contributed by atoms with Crippen molar-refractivity contribution in [3.63, 3.8) is 0 Å². The highest BCUT2D eigenvalue weighted by molar-refractivity contribution is 7.80. The van der Waals surface area contributed by atoms with Gasteiger partial charge in [-0.25, -0.2) is 0 Å². The Morgan fingerprint density at radius 3 is 2.93 bits per heavy atom. The van der Waals surface area contributed by atoms with E-state index in [-0.39, 0.29) is 6.61 Å². The van der Waals surface area contributed by atoms with Crippen molar-refractivity contribution in [2.45, 2.75) is 11.5 Å². The Labute approximate surface area is 91.5 Å². The van der Waals surface area contributed by atoms with Crippen LogP contribution in [0.25, 0.3) is 10.1 Å². The van der Waals surface area contributed by atoms with E-state index in [1.54, 1.807) is 18.4 Å². The van der Waals surface area contributed by atoms with Gasteiger partial charge in [-0.15, -0.1) is 24.0 Å². The number of aliphatic hydroxyl groups excluding tert-OH is 1. The molecule has 0 amide bonds. The van der Waals surface area contributed by atoms with Crippen LogP contribution in [-0.2, 0) is 6.61 Å². The highest BCUT2D eigenvalue weighted by Crippen LogP contribution is 2.37. The maximum absolute atomic E-state index is 9.14. The van der Waals surface area contributed by atoms with Crippen LogP contribution in [0.2, 0.25) is 0 Å². The molecule has 0 unspecified atom stereocenters. The van der Waals surface area contributed by atoms with Crippen molar-refractivity contribution in [1.82, 2.24) is 0 Å². The van der Waals surface area contributed by atoms with Gasteiger partial charge in [0.15, 0.2) is 0 Å². The molecule has 0 aliphatic carbocycles. The molecule has 0 atom stereocenters. The summed E-state index contributed by atoms with van der Waals surface area (Å²) in [5, 5.41) is 12.1. The zero-order valence-corrected chi connectivity index (χ0v) is 9.36. The van der Waals surface area contributed by atoms with Gasteiger partial charge in [0.05, 0.1) is 18.4 Å². The van der Waals surface area contributed by atoms with Crippen LogP contribution in [0, 0.1) is 0 Å². The molecule has 0 aliphatic heterocycles. The number of hydrogen-bond donors (Lipinski definition) is 2. The van der Waals surface area contributed by atoms with Crippen LogP contribution in [0.5, 0.6) is 5.75 Å². The molecule has 4 heteroatoms. The van der Waals surface area contributed by atoms with E-state index in [0.717, 1.165) is 26.3 Å². The minimum atomic E-state index is 0.0424. The first-order valence-electron chi connectivity index (χ1n) is 4.14. The summed E-state index contributed by atoms with van der Waals surface area (Å²) < 4.78 is 6.28. The number of hydrogen-bond acceptors (Lipinski definition) is 4. The number of fused-ring (bicyclic) bond motifs is 1. The minimum Gasteiger partial charge on any atom is -0.495 e. The van der Waals surface area contributed by atoms with E-state index in [1.807, 2.05) is 17.5 Å². The molecule has 1 heterocycles. The maximum atomic E-state index is 9.14. The average Bonchev–Trinajstić information content (AvgIpc) is 2.63. The average molecular weight is 226 g/mol. The standard InChI is InChI=1S/C10H10O2S2/c1-12-7-2-3-8(13)9-6(4-11)5-14-10(7)9/h2-3,5,11,13H,4H2,1H3. The number of methoxy groups -OCH3 is 1. The summed E-state index contributed by atoms with van der Waals surface area (Å²) in [7, 11) is 1.64. The van der Waals surface area contributed by atoms with Crippen LogP contribution in [0.3, 0.4) is 0 Å². The number of thiophene rings is 1. The van der Waals surface area contributed by atoms with Crippen molar-refractivity contribution in [3.05, 3.63) is 23.1 Å². The van der Waals surface area contributed by atoms with E-state index >= 15 is 0 Å². The molecule has 0 saturated carbocycles. The Morgan fingerprint density at radius 2 is 2.29 bits per heavy atom. The Hall–Kier alpha value is -0.710. The first kappa shape index (κ1) is 9.83. The smallest absolute Gasteiger partial charge is 0.136 e. The topological polar surface area (TPSA) is 29.5 Å². The van der Waals surface area contributed by atoms with Gasteiger partial charge in [0, 0.05) is 10.3 Å². The summed E-state index contributed by atoms with van der Waals surface area (Å²) in [4.78, 5) is 0.881. The largest absolute Gasteiger partial charge is 0.495 e. The van der Waals surface area contributed by atoms with Crippen molar-refractivity contribution < 1.29 is 9.84 Å². The van der Waals surface area contributed by atoms with Crippen LogP contribution in [0.4, 0.5) is 0 Å². The fourth-order valence-corrected chi connectivity index (χ4v) is 2.93. The van der Waals surface area contributed by atoms with Crippen LogP contribution >= 0.6 is 24.0 Å². The zero-order valence-electron chi connectivity index (χ0n) is 7.65. The molecule has 1 aromatic heterocycles. The molecule has 0 saturated heterocycles. The van der Waals surface area contributed by atoms with Gasteiger partial charge in [-0.1, -0.05) is 0 Å². The molecule has 2 nitrogen and oxygen atoms in total. The van der Waals surface area contributed by atoms with Gasteiger partial charge < -0.3 is 9.84 Å². The Bertz CT molecular complexity index is 462. The predicted octanol–water partition coefficient (Wildman–Crippen LogP) is 2.69. The summed E-state index contributed by atoms with van der Waals surface area (Å²) in [5.41, 5.74) is 0.911. The molecule has 1 aromatic carbocycles. The Morgan fingerprint density at radius 1 is 1.50 bits per heavy atom. The second kappa shape index (κ2) is 3.81. The fourth-order valence-electron chi connectivity index (χ4n) is 1.45. The molecule has 0 bridgehead atoms. The molecule has 0 spiro atoms. The molecule has 0 fully saturated rings. The molecular formula is C10H10O2S2. The third-order valence-electron chi connectivity index (χ3n) is 2.13. The number of benzene rings is 1. The molecule has 2 rings (SSSR count). The predicted molar refractivity (Wildman–Crippen MR) is 61.6 cm³/mol. The van der Waals surface area contributed by atoms with E-state index in [0.29, 0.717) is 0 Å². The summed E-state index contributed by atoms with van der Waals surface area (Å²) >= 11 is 5.94. The molecule has 74 valence electrons. The van der Waals surface area contributed by atoms with Crippen molar-refractivity contribution in [3.8, 4) is 5.75 Å². The lowest BCUT2D eigenvalue weighted by atomic mass is 10.2. The van der Waals surface area contributed by atoms with Gasteiger partial charge in [0.1, 0.15) is 5.75 Å². The zero-order chi connectivity index (χ0) is 10.1. The normalized spacial score (nSPS) is 10.8. The first-order valence-corrected chi connectivity index (χ1v) is 5.47. The molecular weight excluding hydrogens is 216 g/mol. The molecule has 0 aliphatic rings. The van der Waals surface area contributed by atoms with Crippen molar-refractivity contribution in [2.24, 2.45) is 0 Å². The number of thiol groups is 1. The second-order valence-corrected chi connectivity index (χ2v) is 4.27. The lowest BCUT2D eigenvalue weighted by Crippen LogP contribution is -1.85. The van der Waals surface area contributed by atoms with E-state index in [1.165, 1.54) is 0 Å². The van der Waals surface area contributed by atoms with Crippen LogP contribution in [-0.4, -0.2) is 12.2 Å². The highest BCUT2D eigenvalue weighted by atomic mass is 32.1. The summed E-state index contributed by atoms with van der Waals surface area (Å²) in [6.45, 7) is 0.0424. The SMILES string of the molecule is COc1ccc(S)c2c(CO)csc12. The van der Waals surface area contributed by atoms with Gasteiger partial charge in [0.2, 0.25) is 0 Å². The lowest BCUT2D eigenvalue weighted by molar-refractivity contribution is 0.283. The van der Waals surface area contributed by atoms with Crippen LogP contribution < -0.4 is 4.74 Å². The number of rotatable bonds is 2. The maximum Gasteiger partial charge on any atom is 0.136 e. The lowest BCUT2D eigenvalue weighted by Gasteiger charge is -2.03. The third-order valence-corrected chi connectivity index (χ3v) is 3.55. The monoisotopic (exact) mass is 226 g/mol. The fraction of sp³-hybridized carbons (Fsp3) is 0.200. The van der Waals surface area contributed by atoms with Crippen LogP contribution in [0.1, 0.15) is 5.56 Å². The molecule has 14 heavy (non-hydrogen) atoms. The quantitative estimate of drug-likeness (QED) is 0.771. The number of ether oxygens (including phenoxy) is 1. The Kier molecular flexibility index (Phi) is 2.67. The van der Waals surface area contributed by atoms with Gasteiger partial charge in [-0.05, 0) is 23.1 Å². The number of aliphatic hydroxyl groups is 1. The Balaban J connectivity index is 2.80. The van der Waals surface area contributed by atoms with Crippen molar-refractivity contribution in [2.75, 3.05) is 7.11 Å². The van der Waals surface area contributed by atoms with Gasteiger partial charge in [-0.2, -0.15) is 0 Å². The van der Waals surface area contributed by atoms with Gasteiger partial charge >= 0.3 is 0 Å². The first-order chi connectivity index (χ1) is 6.77. The highest BCUT2D eigenvalue weighted by Gasteiger charge is 2.10. The minimum absolute atomic E-state index is 0.0424. The summed E-state index contributed by atoms with van der Waals surface area (Å²) in [6.07, 6.45) is 0. The third kappa shape index (κ3) is 1.39. The van der Waals surface area contributed by atoms with Gasteiger partial charge in [0.25, 0.3) is 0 Å². The summed E-state index contributed by atoms with van der Waals surface area (Å²) in [5.74, 6) is 0.836. The second-order valence-electron chi connectivity index (χ2n) is 2.91. The van der Waals surface area contributed by atoms with E-state index < -0.39 is 0 Å². The van der Waals surface area contributed by atoms with Crippen molar-refractivity contribution >= 4 is 34.1 Å². The van der Waals surface area contributed by atoms with E-state index in [4.69, 9.17) is 9.84 Å². The molecule has 0 radical (unpaired) electrons. The van der Waals surface area contributed by atoms with E-state index in [9.17, 15) is 0 Å². The van der Waals surface area contributed by atoms with E-state index in [2.05, 4.69) is 12.6 Å². The molecule has 2 aromatic rings. The van der Waals surface area contributed by atoms with Crippen molar-refractivity contribution in [1.29, 1.82) is 0 Å². The van der Waals surface area contributed by atoms with Crippen LogP contribution in [0.15, 0.2) is 22.4 Å². The van der Waals surface area contributed by atoms with Gasteiger partial charge in [-0.3, -0.25) is 0 Å². The molecule has 1 N–H and O–H groups in total.